The monoisotopic (exact) mass is 376 g/mol. The molecule has 1 aromatic carbocycles. The summed E-state index contributed by atoms with van der Waals surface area (Å²) < 4.78 is 6.91. The van der Waals surface area contributed by atoms with E-state index in [1.54, 1.807) is 25.5 Å². The number of imidazole rings is 1. The molecule has 0 spiro atoms. The number of benzene rings is 1. The lowest BCUT2D eigenvalue weighted by atomic mass is 10.1. The van der Waals surface area contributed by atoms with Gasteiger partial charge in [0.15, 0.2) is 11.5 Å². The second-order valence-electron chi connectivity index (χ2n) is 6.48. The van der Waals surface area contributed by atoms with Crippen molar-refractivity contribution in [2.24, 2.45) is 0 Å². The van der Waals surface area contributed by atoms with Crippen LogP contribution < -0.4 is 5.32 Å². The van der Waals surface area contributed by atoms with Gasteiger partial charge in [-0.25, -0.2) is 9.97 Å². The number of hydrogen-bond acceptors (Lipinski definition) is 6. The van der Waals surface area contributed by atoms with Gasteiger partial charge in [-0.15, -0.1) is 0 Å². The predicted octanol–water partition coefficient (Wildman–Crippen LogP) is 2.34. The van der Waals surface area contributed by atoms with Crippen LogP contribution in [0, 0.1) is 6.92 Å². The average molecular weight is 376 g/mol. The summed E-state index contributed by atoms with van der Waals surface area (Å²) in [5.74, 6) is 0.885. The highest BCUT2D eigenvalue weighted by Crippen LogP contribution is 2.13. The number of nitrogens with zero attached hydrogens (tertiary/aromatic N) is 5. The first-order valence-electron chi connectivity index (χ1n) is 9.11. The minimum Gasteiger partial charge on any atom is -0.352 e. The molecule has 0 atom stereocenters. The number of hydrogen-bond donors (Lipinski definition) is 1. The third-order valence-corrected chi connectivity index (χ3v) is 4.41. The number of fused-ring (bicyclic) bond motifs is 1. The zero-order valence-corrected chi connectivity index (χ0v) is 15.5. The van der Waals surface area contributed by atoms with E-state index in [-0.39, 0.29) is 5.91 Å². The van der Waals surface area contributed by atoms with Gasteiger partial charge < -0.3 is 14.4 Å². The molecular weight excluding hydrogens is 356 g/mol. The van der Waals surface area contributed by atoms with Gasteiger partial charge in [0.1, 0.15) is 5.52 Å². The number of carbonyl (C=O) groups excluding carboxylic acids is 1. The van der Waals surface area contributed by atoms with E-state index in [9.17, 15) is 4.79 Å². The molecule has 142 valence electrons. The topological polar surface area (TPSA) is 98.7 Å². The number of carbonyl (C=O) groups is 1. The Morgan fingerprint density at radius 1 is 1.18 bits per heavy atom. The fourth-order valence-corrected chi connectivity index (χ4v) is 2.96. The maximum absolute atomic E-state index is 12.4. The van der Waals surface area contributed by atoms with E-state index in [0.717, 1.165) is 18.6 Å². The Hall–Kier alpha value is -3.55. The van der Waals surface area contributed by atoms with Gasteiger partial charge in [0.05, 0.1) is 11.9 Å². The van der Waals surface area contributed by atoms with Crippen molar-refractivity contribution in [2.45, 2.75) is 26.3 Å². The molecule has 0 saturated heterocycles. The van der Waals surface area contributed by atoms with E-state index in [0.29, 0.717) is 35.8 Å². The largest absolute Gasteiger partial charge is 0.352 e. The smallest absolute Gasteiger partial charge is 0.252 e. The second kappa shape index (κ2) is 7.99. The Balaban J connectivity index is 1.38. The zero-order valence-electron chi connectivity index (χ0n) is 15.5. The number of rotatable bonds is 7. The number of aryl methyl sites for hydroxylation is 3. The number of pyridine rings is 1. The van der Waals surface area contributed by atoms with Crippen LogP contribution in [0.4, 0.5) is 0 Å². The molecule has 0 bridgehead atoms. The average Bonchev–Trinajstić information content (AvgIpc) is 3.32. The Kier molecular flexibility index (Phi) is 5.09. The van der Waals surface area contributed by atoms with Crippen molar-refractivity contribution in [1.82, 2.24) is 30.0 Å². The van der Waals surface area contributed by atoms with Crippen molar-refractivity contribution < 1.29 is 9.32 Å². The number of nitrogens with one attached hydrogen (secondary N) is 1. The second-order valence-corrected chi connectivity index (χ2v) is 6.48. The molecule has 0 unspecified atom stereocenters. The Bertz CT molecular complexity index is 1090. The Labute approximate surface area is 161 Å². The summed E-state index contributed by atoms with van der Waals surface area (Å²) >= 11 is 0. The first kappa shape index (κ1) is 17.8. The SMILES string of the molecule is Cc1nc(CCNC(=O)c2cnc3c(c2)ncn3CCc2ccccc2)no1. The summed E-state index contributed by atoms with van der Waals surface area (Å²) in [7, 11) is 0. The van der Waals surface area contributed by atoms with E-state index < -0.39 is 0 Å². The standard InChI is InChI=1S/C20H20N6O2/c1-14-24-18(25-28-14)7-9-21-20(27)16-11-17-19(22-12-16)26(13-23-17)10-8-15-5-3-2-4-6-15/h2-6,11-13H,7-10H2,1H3,(H,21,27). The molecule has 1 amide bonds. The summed E-state index contributed by atoms with van der Waals surface area (Å²) in [5, 5.41) is 6.65. The highest BCUT2D eigenvalue weighted by Gasteiger charge is 2.11. The Morgan fingerprint density at radius 3 is 2.82 bits per heavy atom. The maximum atomic E-state index is 12.4. The van der Waals surface area contributed by atoms with Crippen molar-refractivity contribution in [3.63, 3.8) is 0 Å². The van der Waals surface area contributed by atoms with Crippen LogP contribution in [0.15, 0.2) is 53.4 Å². The molecule has 3 aromatic heterocycles. The van der Waals surface area contributed by atoms with Crippen LogP contribution in [-0.4, -0.2) is 37.1 Å². The quantitative estimate of drug-likeness (QED) is 0.531. The Morgan fingerprint density at radius 2 is 2.04 bits per heavy atom. The van der Waals surface area contributed by atoms with Crippen molar-refractivity contribution >= 4 is 17.1 Å². The lowest BCUT2D eigenvalue weighted by molar-refractivity contribution is 0.0953. The fraction of sp³-hybridized carbons (Fsp3) is 0.250. The predicted molar refractivity (Wildman–Crippen MR) is 103 cm³/mol. The van der Waals surface area contributed by atoms with Crippen LogP contribution in [0.2, 0.25) is 0 Å². The van der Waals surface area contributed by atoms with Crippen LogP contribution in [0.25, 0.3) is 11.2 Å². The molecule has 8 nitrogen and oxygen atoms in total. The molecule has 0 radical (unpaired) electrons. The van der Waals surface area contributed by atoms with Gasteiger partial charge in [-0.1, -0.05) is 35.5 Å². The first-order chi connectivity index (χ1) is 13.7. The van der Waals surface area contributed by atoms with E-state index in [2.05, 4.69) is 37.6 Å². The van der Waals surface area contributed by atoms with Gasteiger partial charge >= 0.3 is 0 Å². The minimum absolute atomic E-state index is 0.201. The summed E-state index contributed by atoms with van der Waals surface area (Å²) in [6.07, 6.45) is 4.75. The lowest BCUT2D eigenvalue weighted by Crippen LogP contribution is -2.26. The molecule has 4 rings (SSSR count). The number of amides is 1. The van der Waals surface area contributed by atoms with Crippen LogP contribution in [0.5, 0.6) is 0 Å². The number of aromatic nitrogens is 5. The van der Waals surface area contributed by atoms with E-state index in [1.807, 2.05) is 22.8 Å². The van der Waals surface area contributed by atoms with Crippen molar-refractivity contribution in [1.29, 1.82) is 0 Å². The lowest BCUT2D eigenvalue weighted by Gasteiger charge is -2.05. The third kappa shape index (κ3) is 4.06. The van der Waals surface area contributed by atoms with Crippen molar-refractivity contribution in [3.8, 4) is 0 Å². The summed E-state index contributed by atoms with van der Waals surface area (Å²) in [5.41, 5.74) is 3.21. The molecule has 0 fully saturated rings. The molecule has 4 aromatic rings. The normalized spacial score (nSPS) is 11.0. The third-order valence-electron chi connectivity index (χ3n) is 4.41. The molecule has 28 heavy (non-hydrogen) atoms. The molecular formula is C20H20N6O2. The summed E-state index contributed by atoms with van der Waals surface area (Å²) in [6, 6.07) is 12.0. The van der Waals surface area contributed by atoms with Gasteiger partial charge in [0.2, 0.25) is 5.89 Å². The molecule has 3 heterocycles. The minimum atomic E-state index is -0.201. The van der Waals surface area contributed by atoms with Gasteiger partial charge in [-0.3, -0.25) is 4.79 Å². The van der Waals surface area contributed by atoms with Crippen molar-refractivity contribution in [3.05, 3.63) is 71.8 Å². The fourth-order valence-electron chi connectivity index (χ4n) is 2.96. The first-order valence-corrected chi connectivity index (χ1v) is 9.11. The van der Waals surface area contributed by atoms with Gasteiger partial charge in [-0.05, 0) is 18.1 Å². The van der Waals surface area contributed by atoms with Crippen LogP contribution in [-0.2, 0) is 19.4 Å². The van der Waals surface area contributed by atoms with E-state index in [1.165, 1.54) is 5.56 Å². The van der Waals surface area contributed by atoms with Crippen LogP contribution in [0.1, 0.15) is 27.6 Å². The summed E-state index contributed by atoms with van der Waals surface area (Å²) in [6.45, 7) is 2.93. The maximum Gasteiger partial charge on any atom is 0.252 e. The van der Waals surface area contributed by atoms with Crippen molar-refractivity contribution in [2.75, 3.05) is 6.54 Å². The van der Waals surface area contributed by atoms with Gasteiger partial charge in [0, 0.05) is 32.6 Å². The molecule has 1 N–H and O–H groups in total. The zero-order chi connectivity index (χ0) is 19.3. The van der Waals surface area contributed by atoms with Crippen LogP contribution in [0.3, 0.4) is 0 Å². The molecule has 0 aliphatic heterocycles. The molecule has 0 aliphatic carbocycles. The van der Waals surface area contributed by atoms with E-state index >= 15 is 0 Å². The van der Waals surface area contributed by atoms with Crippen LogP contribution >= 0.6 is 0 Å². The molecule has 0 saturated carbocycles. The van der Waals surface area contributed by atoms with Gasteiger partial charge in [-0.2, -0.15) is 4.98 Å². The van der Waals surface area contributed by atoms with E-state index in [4.69, 9.17) is 4.52 Å². The summed E-state index contributed by atoms with van der Waals surface area (Å²) in [4.78, 5) is 25.3. The highest BCUT2D eigenvalue weighted by molar-refractivity contribution is 5.96. The molecule has 8 heteroatoms. The highest BCUT2D eigenvalue weighted by atomic mass is 16.5. The van der Waals surface area contributed by atoms with Gasteiger partial charge in [0.25, 0.3) is 5.91 Å². The molecule has 0 aliphatic rings.